The van der Waals surface area contributed by atoms with Gasteiger partial charge >= 0.3 is 0 Å². The average molecular weight is 552 g/mol. The Hall–Kier alpha value is -1.49. The highest BCUT2D eigenvalue weighted by atomic mass is 127. The van der Waals surface area contributed by atoms with E-state index in [1.807, 2.05) is 22.6 Å². The Labute approximate surface area is 176 Å². The number of anilines is 1. The first-order valence-electron chi connectivity index (χ1n) is 7.33. The summed E-state index contributed by atoms with van der Waals surface area (Å²) in [4.78, 5) is 23.3. The highest BCUT2D eigenvalue weighted by Gasteiger charge is 2.17. The minimum Gasteiger partial charge on any atom is -0.396 e. The van der Waals surface area contributed by atoms with Crippen LogP contribution in [-0.2, 0) is 4.79 Å². The first kappa shape index (κ1) is 20.8. The molecule has 2 aromatic rings. The quantitative estimate of drug-likeness (QED) is 0.228. The summed E-state index contributed by atoms with van der Waals surface area (Å²) in [6, 6.07) is 9.57. The molecule has 0 aliphatic rings. The van der Waals surface area contributed by atoms with Gasteiger partial charge in [0.1, 0.15) is 0 Å². The van der Waals surface area contributed by atoms with Crippen molar-refractivity contribution in [2.24, 2.45) is 0 Å². The van der Waals surface area contributed by atoms with Crippen LogP contribution in [0, 0.1) is 13.7 Å². The van der Waals surface area contributed by atoms with E-state index in [1.165, 1.54) is 12.1 Å². The molecule has 0 bridgehead atoms. The van der Waals surface area contributed by atoms with Crippen LogP contribution in [0.15, 0.2) is 46.4 Å². The summed E-state index contributed by atoms with van der Waals surface area (Å²) < 4.78 is 1.31. The Morgan fingerprint density at radius 3 is 2.69 bits per heavy atom. The van der Waals surface area contributed by atoms with E-state index in [1.54, 1.807) is 30.3 Å². The van der Waals surface area contributed by atoms with Gasteiger partial charge in [-0.05, 0) is 59.0 Å². The second-order valence-corrected chi connectivity index (χ2v) is 7.70. The Balaban J connectivity index is 2.37. The maximum absolute atomic E-state index is 12.6. The van der Waals surface area contributed by atoms with Gasteiger partial charge in [-0.2, -0.15) is 0 Å². The third kappa shape index (κ3) is 5.50. The Morgan fingerprint density at radius 2 is 2.08 bits per heavy atom. The van der Waals surface area contributed by atoms with Crippen LogP contribution in [0.1, 0.15) is 12.0 Å². The molecule has 0 unspecified atom stereocenters. The monoisotopic (exact) mass is 550 g/mol. The molecule has 2 aromatic carbocycles. The van der Waals surface area contributed by atoms with Gasteiger partial charge < -0.3 is 10.4 Å². The van der Waals surface area contributed by atoms with E-state index in [0.29, 0.717) is 15.2 Å². The van der Waals surface area contributed by atoms with E-state index in [2.05, 4.69) is 21.2 Å². The molecule has 0 fully saturated rings. The number of rotatable bonds is 6. The lowest BCUT2D eigenvalue weighted by molar-refractivity contribution is -0.385. The molecule has 0 spiro atoms. The number of halogens is 3. The van der Waals surface area contributed by atoms with E-state index in [-0.39, 0.29) is 29.9 Å². The number of aliphatic hydroxyl groups excluding tert-OH is 1. The number of benzene rings is 2. The number of carbonyl (C=O) groups is 1. The Bertz CT molecular complexity index is 889. The molecule has 136 valence electrons. The van der Waals surface area contributed by atoms with Crippen LogP contribution in [0.3, 0.4) is 0 Å². The number of nitro groups is 1. The summed E-state index contributed by atoms with van der Waals surface area (Å²) >= 11 is 11.1. The van der Waals surface area contributed by atoms with Crippen LogP contribution in [0.2, 0.25) is 5.02 Å². The molecule has 0 aliphatic carbocycles. The molecule has 2 N–H and O–H groups in total. The molecule has 26 heavy (non-hydrogen) atoms. The fourth-order valence-electron chi connectivity index (χ4n) is 2.15. The molecule has 0 atom stereocenters. The first-order valence-corrected chi connectivity index (χ1v) is 9.58. The van der Waals surface area contributed by atoms with Gasteiger partial charge in [-0.3, -0.25) is 14.9 Å². The first-order chi connectivity index (χ1) is 12.3. The molecule has 6 nitrogen and oxygen atoms in total. The van der Waals surface area contributed by atoms with Gasteiger partial charge in [0.25, 0.3) is 11.6 Å². The molecule has 0 aliphatic heterocycles. The predicted molar refractivity (Wildman–Crippen MR) is 113 cm³/mol. The highest BCUT2D eigenvalue weighted by Crippen LogP contribution is 2.27. The van der Waals surface area contributed by atoms with E-state index >= 15 is 0 Å². The van der Waals surface area contributed by atoms with Gasteiger partial charge in [-0.25, -0.2) is 0 Å². The number of aliphatic hydroxyl groups is 1. The zero-order valence-electron chi connectivity index (χ0n) is 13.2. The van der Waals surface area contributed by atoms with Crippen molar-refractivity contribution >= 4 is 73.5 Å². The van der Waals surface area contributed by atoms with Gasteiger partial charge in [0.2, 0.25) is 0 Å². The van der Waals surface area contributed by atoms with Gasteiger partial charge in [0, 0.05) is 37.7 Å². The van der Waals surface area contributed by atoms with Crippen molar-refractivity contribution in [2.75, 3.05) is 11.9 Å². The van der Waals surface area contributed by atoms with Gasteiger partial charge in [-0.15, -0.1) is 0 Å². The van der Waals surface area contributed by atoms with Gasteiger partial charge in [0.05, 0.1) is 16.2 Å². The molecule has 1 amide bonds. The minimum absolute atomic E-state index is 0.0588. The van der Waals surface area contributed by atoms with Gasteiger partial charge in [0.15, 0.2) is 0 Å². The van der Waals surface area contributed by atoms with E-state index in [4.69, 9.17) is 11.6 Å². The molecule has 0 radical (unpaired) electrons. The molecule has 0 heterocycles. The van der Waals surface area contributed by atoms with Crippen molar-refractivity contribution in [1.29, 1.82) is 0 Å². The van der Waals surface area contributed by atoms with E-state index < -0.39 is 10.8 Å². The lowest BCUT2D eigenvalue weighted by Crippen LogP contribution is -2.16. The number of hydrogen-bond donors (Lipinski definition) is 2. The summed E-state index contributed by atoms with van der Waals surface area (Å²) in [6.45, 7) is -0.263. The summed E-state index contributed by atoms with van der Waals surface area (Å²) in [5.41, 5.74) is 0.934. The molecule has 9 heteroatoms. The molecular formula is C17H13BrClIN2O4. The summed E-state index contributed by atoms with van der Waals surface area (Å²) in [6.07, 6.45) is 1.47. The van der Waals surface area contributed by atoms with Crippen molar-refractivity contribution in [1.82, 2.24) is 0 Å². The number of carbonyl (C=O) groups excluding carboxylic acids is 1. The second-order valence-electron chi connectivity index (χ2n) is 5.18. The summed E-state index contributed by atoms with van der Waals surface area (Å²) in [7, 11) is 0. The van der Waals surface area contributed by atoms with E-state index in [9.17, 15) is 20.0 Å². The molecule has 0 aromatic heterocycles. The maximum atomic E-state index is 12.6. The predicted octanol–water partition coefficient (Wildman–Crippen LogP) is 5.02. The maximum Gasteiger partial charge on any atom is 0.277 e. The lowest BCUT2D eigenvalue weighted by atomic mass is 10.1. The standard InChI is InChI=1S/C17H13BrClIN2O4/c18-12-2-1-10(16(8-12)22(25)26)7-11(5-6-23)17(24)21-15-4-3-13(19)9-14(15)20/h1-4,7-9,23H,5-6H2,(H,21,24)/b11-7+. The molecule has 0 saturated heterocycles. The van der Waals surface area contributed by atoms with E-state index in [0.717, 1.165) is 3.57 Å². The van der Waals surface area contributed by atoms with Crippen molar-refractivity contribution in [3.05, 3.63) is 70.7 Å². The topological polar surface area (TPSA) is 92.5 Å². The number of nitrogens with one attached hydrogen (secondary N) is 1. The summed E-state index contributed by atoms with van der Waals surface area (Å²) in [5, 5.41) is 23.8. The molecule has 0 saturated carbocycles. The van der Waals surface area contributed by atoms with Crippen molar-refractivity contribution in [2.45, 2.75) is 6.42 Å². The van der Waals surface area contributed by atoms with Crippen LogP contribution in [0.4, 0.5) is 11.4 Å². The molecular weight excluding hydrogens is 538 g/mol. The van der Waals surface area contributed by atoms with Crippen LogP contribution in [0.5, 0.6) is 0 Å². The highest BCUT2D eigenvalue weighted by molar-refractivity contribution is 14.1. The number of hydrogen-bond acceptors (Lipinski definition) is 4. The number of nitrogens with zero attached hydrogens (tertiary/aromatic N) is 1. The van der Waals surface area contributed by atoms with Crippen molar-refractivity contribution in [3.63, 3.8) is 0 Å². The van der Waals surface area contributed by atoms with Crippen molar-refractivity contribution < 1.29 is 14.8 Å². The Morgan fingerprint density at radius 1 is 1.35 bits per heavy atom. The van der Waals surface area contributed by atoms with Gasteiger partial charge in [-0.1, -0.05) is 27.5 Å². The second kappa shape index (κ2) is 9.45. The fourth-order valence-corrected chi connectivity index (χ4v) is 3.51. The summed E-state index contributed by atoms with van der Waals surface area (Å²) in [5.74, 6) is -0.448. The van der Waals surface area contributed by atoms with Crippen LogP contribution < -0.4 is 5.32 Å². The van der Waals surface area contributed by atoms with Crippen LogP contribution in [0.25, 0.3) is 6.08 Å². The average Bonchev–Trinajstić information content (AvgIpc) is 2.58. The Kier molecular flexibility index (Phi) is 7.56. The van der Waals surface area contributed by atoms with Crippen LogP contribution in [-0.4, -0.2) is 22.5 Å². The molecule has 2 rings (SSSR count). The SMILES string of the molecule is O=C(Nc1ccc(Cl)cc1I)/C(=C/c1ccc(Br)cc1[N+](=O)[O-])CCO. The number of nitro benzene ring substituents is 1. The number of amides is 1. The fraction of sp³-hybridized carbons (Fsp3) is 0.118. The minimum atomic E-state index is -0.521. The van der Waals surface area contributed by atoms with Crippen molar-refractivity contribution in [3.8, 4) is 0 Å². The lowest BCUT2D eigenvalue weighted by Gasteiger charge is -2.10. The zero-order chi connectivity index (χ0) is 19.3. The largest absolute Gasteiger partial charge is 0.396 e. The smallest absolute Gasteiger partial charge is 0.277 e. The van der Waals surface area contributed by atoms with Crippen LogP contribution >= 0.6 is 50.1 Å². The zero-order valence-corrected chi connectivity index (χ0v) is 17.7. The third-order valence-electron chi connectivity index (χ3n) is 3.37. The third-order valence-corrected chi connectivity index (χ3v) is 4.99. The normalized spacial score (nSPS) is 11.3.